The molecule has 1 aliphatic heterocycles. The first-order valence-corrected chi connectivity index (χ1v) is 8.93. The van der Waals surface area contributed by atoms with Crippen LogP contribution in [0.5, 0.6) is 0 Å². The van der Waals surface area contributed by atoms with Crippen molar-refractivity contribution in [1.29, 1.82) is 0 Å². The molecule has 0 atom stereocenters. The number of benzene rings is 1. The minimum absolute atomic E-state index is 0.106. The van der Waals surface area contributed by atoms with Crippen molar-refractivity contribution in [3.8, 4) is 0 Å². The van der Waals surface area contributed by atoms with Gasteiger partial charge in [0.15, 0.2) is 0 Å². The van der Waals surface area contributed by atoms with E-state index in [4.69, 9.17) is 0 Å². The van der Waals surface area contributed by atoms with Gasteiger partial charge in [-0.1, -0.05) is 6.58 Å². The normalized spacial score (nSPS) is 13.3. The van der Waals surface area contributed by atoms with E-state index in [1.54, 1.807) is 11.0 Å². The summed E-state index contributed by atoms with van der Waals surface area (Å²) in [7, 11) is 0. The summed E-state index contributed by atoms with van der Waals surface area (Å²) in [6, 6.07) is 5.46. The smallest absolute Gasteiger partial charge is 0.255 e. The van der Waals surface area contributed by atoms with Gasteiger partial charge in [0.05, 0.1) is 10.2 Å². The Morgan fingerprint density at radius 3 is 2.87 bits per heavy atom. The maximum absolute atomic E-state index is 12.4. The number of amides is 2. The van der Waals surface area contributed by atoms with Crippen molar-refractivity contribution in [1.82, 2.24) is 0 Å². The van der Waals surface area contributed by atoms with Crippen LogP contribution in [0.2, 0.25) is 0 Å². The maximum atomic E-state index is 12.4. The second kappa shape index (κ2) is 6.68. The fraction of sp³-hybridized carbons (Fsp3) is 0.176. The Kier molecular flexibility index (Phi) is 4.63. The minimum Gasteiger partial charge on any atom is -0.320 e. The average molecular weight is 391 g/mol. The lowest BCUT2D eigenvalue weighted by molar-refractivity contribution is -0.114. The van der Waals surface area contributed by atoms with E-state index in [0.717, 1.165) is 34.3 Å². The van der Waals surface area contributed by atoms with Crippen LogP contribution in [0.1, 0.15) is 22.3 Å². The van der Waals surface area contributed by atoms with Crippen LogP contribution in [0.4, 0.5) is 11.4 Å². The molecule has 2 aromatic rings. The van der Waals surface area contributed by atoms with Crippen molar-refractivity contribution in [2.45, 2.75) is 12.8 Å². The number of hydrogen-bond acceptors (Lipinski definition) is 3. The highest BCUT2D eigenvalue weighted by molar-refractivity contribution is 9.10. The number of fused-ring (bicyclic) bond motifs is 1. The highest BCUT2D eigenvalue weighted by Crippen LogP contribution is 2.30. The van der Waals surface area contributed by atoms with Gasteiger partial charge in [-0.3, -0.25) is 9.59 Å². The third-order valence-electron chi connectivity index (χ3n) is 3.76. The molecule has 0 aliphatic carbocycles. The first-order valence-electron chi connectivity index (χ1n) is 7.20. The minimum atomic E-state index is -0.154. The number of halogens is 1. The molecule has 0 fully saturated rings. The standard InChI is InChI=1S/C17H15BrN2O2S/c1-2-16(21)20-7-3-4-11-8-12(5-6-15(11)20)17(22)19-14-10-23-9-13(14)18/h2,5-6,8-10H,1,3-4,7H2,(H,19,22). The molecular formula is C17H15BrN2O2S. The maximum Gasteiger partial charge on any atom is 0.255 e. The van der Waals surface area contributed by atoms with Crippen molar-refractivity contribution in [3.05, 3.63) is 57.2 Å². The molecule has 3 rings (SSSR count). The molecule has 0 saturated carbocycles. The van der Waals surface area contributed by atoms with E-state index in [1.807, 2.05) is 22.9 Å². The topological polar surface area (TPSA) is 49.4 Å². The first kappa shape index (κ1) is 16.0. The second-order valence-electron chi connectivity index (χ2n) is 5.23. The van der Waals surface area contributed by atoms with E-state index < -0.39 is 0 Å². The molecule has 2 heterocycles. The van der Waals surface area contributed by atoms with Gasteiger partial charge in [-0.25, -0.2) is 0 Å². The Morgan fingerprint density at radius 2 is 2.17 bits per heavy atom. The van der Waals surface area contributed by atoms with Crippen LogP contribution in [0.25, 0.3) is 0 Å². The van der Waals surface area contributed by atoms with Crippen LogP contribution in [-0.2, 0) is 11.2 Å². The second-order valence-corrected chi connectivity index (χ2v) is 6.83. The van der Waals surface area contributed by atoms with E-state index >= 15 is 0 Å². The van der Waals surface area contributed by atoms with Crippen LogP contribution in [0, 0.1) is 0 Å². The number of thiophene rings is 1. The number of carbonyl (C=O) groups is 2. The number of nitrogens with one attached hydrogen (secondary N) is 1. The number of nitrogens with zero attached hydrogens (tertiary/aromatic N) is 1. The third-order valence-corrected chi connectivity index (χ3v) is 5.47. The van der Waals surface area contributed by atoms with Crippen LogP contribution >= 0.6 is 27.3 Å². The van der Waals surface area contributed by atoms with Gasteiger partial charge in [-0.2, -0.15) is 0 Å². The molecule has 1 aromatic carbocycles. The van der Waals surface area contributed by atoms with E-state index in [2.05, 4.69) is 27.8 Å². The molecule has 0 spiro atoms. The molecule has 6 heteroatoms. The zero-order valence-corrected chi connectivity index (χ0v) is 14.7. The van der Waals surface area contributed by atoms with Crippen molar-refractivity contribution in [3.63, 3.8) is 0 Å². The van der Waals surface area contributed by atoms with Crippen molar-refractivity contribution in [2.24, 2.45) is 0 Å². The summed E-state index contributed by atoms with van der Waals surface area (Å²) in [5.41, 5.74) is 3.24. The highest BCUT2D eigenvalue weighted by atomic mass is 79.9. The van der Waals surface area contributed by atoms with Gasteiger partial charge in [0.25, 0.3) is 5.91 Å². The summed E-state index contributed by atoms with van der Waals surface area (Å²) in [6.45, 7) is 4.23. The summed E-state index contributed by atoms with van der Waals surface area (Å²) >= 11 is 4.92. The molecule has 4 nitrogen and oxygen atoms in total. The van der Waals surface area contributed by atoms with Gasteiger partial charge >= 0.3 is 0 Å². The Bertz CT molecular complexity index is 785. The fourth-order valence-electron chi connectivity index (χ4n) is 2.64. The van der Waals surface area contributed by atoms with Gasteiger partial charge in [-0.05, 0) is 58.6 Å². The molecule has 0 unspecified atom stereocenters. The number of aryl methyl sites for hydroxylation is 1. The molecule has 1 N–H and O–H groups in total. The molecular weight excluding hydrogens is 376 g/mol. The monoisotopic (exact) mass is 390 g/mol. The number of anilines is 2. The average Bonchev–Trinajstić information content (AvgIpc) is 2.97. The van der Waals surface area contributed by atoms with Crippen molar-refractivity contribution >= 4 is 50.5 Å². The summed E-state index contributed by atoms with van der Waals surface area (Å²) in [6.07, 6.45) is 3.07. The molecule has 0 saturated heterocycles. The molecule has 0 radical (unpaired) electrons. The molecule has 118 valence electrons. The first-order chi connectivity index (χ1) is 11.1. The van der Waals surface area contributed by atoms with Gasteiger partial charge in [0.2, 0.25) is 5.91 Å². The largest absolute Gasteiger partial charge is 0.320 e. The number of hydrogen-bond donors (Lipinski definition) is 1. The fourth-order valence-corrected chi connectivity index (χ4v) is 3.97. The zero-order chi connectivity index (χ0) is 16.4. The van der Waals surface area contributed by atoms with Crippen LogP contribution in [0.15, 0.2) is 46.1 Å². The molecule has 0 bridgehead atoms. The van der Waals surface area contributed by atoms with Crippen LogP contribution in [-0.4, -0.2) is 18.4 Å². The number of carbonyl (C=O) groups excluding carboxylic acids is 2. The SMILES string of the molecule is C=CC(=O)N1CCCc2cc(C(=O)Nc3cscc3Br)ccc21. The van der Waals surface area contributed by atoms with Gasteiger partial charge in [0.1, 0.15) is 0 Å². The lowest BCUT2D eigenvalue weighted by atomic mass is 9.98. The van der Waals surface area contributed by atoms with E-state index in [0.29, 0.717) is 12.1 Å². The van der Waals surface area contributed by atoms with Gasteiger partial charge < -0.3 is 10.2 Å². The van der Waals surface area contributed by atoms with Crippen molar-refractivity contribution < 1.29 is 9.59 Å². The van der Waals surface area contributed by atoms with Crippen molar-refractivity contribution in [2.75, 3.05) is 16.8 Å². The molecule has 2 amide bonds. The Hall–Kier alpha value is -1.92. The Labute approximate surface area is 146 Å². The van der Waals surface area contributed by atoms with E-state index in [-0.39, 0.29) is 11.8 Å². The van der Waals surface area contributed by atoms with Crippen LogP contribution in [0.3, 0.4) is 0 Å². The molecule has 1 aliphatic rings. The predicted octanol–water partition coefficient (Wildman–Crippen LogP) is 4.23. The summed E-state index contributed by atoms with van der Waals surface area (Å²) < 4.78 is 0.872. The Balaban J connectivity index is 1.86. The highest BCUT2D eigenvalue weighted by Gasteiger charge is 2.22. The Morgan fingerprint density at radius 1 is 1.35 bits per heavy atom. The zero-order valence-electron chi connectivity index (χ0n) is 12.3. The summed E-state index contributed by atoms with van der Waals surface area (Å²) in [5, 5.41) is 6.68. The van der Waals surface area contributed by atoms with Gasteiger partial charge in [0, 0.05) is 28.6 Å². The van der Waals surface area contributed by atoms with Gasteiger partial charge in [-0.15, -0.1) is 11.3 Å². The van der Waals surface area contributed by atoms with Crippen LogP contribution < -0.4 is 10.2 Å². The van der Waals surface area contributed by atoms with E-state index in [1.165, 1.54) is 17.4 Å². The molecule has 23 heavy (non-hydrogen) atoms. The predicted molar refractivity (Wildman–Crippen MR) is 97.3 cm³/mol. The molecule has 1 aromatic heterocycles. The lowest BCUT2D eigenvalue weighted by Gasteiger charge is -2.28. The third kappa shape index (κ3) is 3.23. The number of rotatable bonds is 3. The quantitative estimate of drug-likeness (QED) is 0.797. The lowest BCUT2D eigenvalue weighted by Crippen LogP contribution is -2.34. The van der Waals surface area contributed by atoms with E-state index in [9.17, 15) is 9.59 Å². The summed E-state index contributed by atoms with van der Waals surface area (Å²) in [4.78, 5) is 26.0. The summed E-state index contributed by atoms with van der Waals surface area (Å²) in [5.74, 6) is -0.260.